The zero-order valence-electron chi connectivity index (χ0n) is 38.1. The molecule has 2 amide bonds. The number of fused-ring (bicyclic) bond motifs is 2. The van der Waals surface area contributed by atoms with E-state index >= 15 is 4.79 Å². The Hall–Kier alpha value is -5.60. The molecular formula is C52H64N4O11. The van der Waals surface area contributed by atoms with Gasteiger partial charge in [0.25, 0.3) is 5.91 Å². The van der Waals surface area contributed by atoms with Crippen LogP contribution in [0.2, 0.25) is 0 Å². The van der Waals surface area contributed by atoms with Crippen LogP contribution >= 0.6 is 0 Å². The van der Waals surface area contributed by atoms with Crippen LogP contribution in [0.5, 0.6) is 11.5 Å². The van der Waals surface area contributed by atoms with Gasteiger partial charge < -0.3 is 54.1 Å². The number of ether oxygens (including phenoxy) is 5. The number of aliphatic hydroxyl groups excluding tert-OH is 3. The van der Waals surface area contributed by atoms with E-state index in [9.17, 15) is 25.4 Å². The highest BCUT2D eigenvalue weighted by molar-refractivity contribution is 6.03. The molecule has 0 aromatic heterocycles. The van der Waals surface area contributed by atoms with Crippen molar-refractivity contribution < 1.29 is 53.4 Å². The zero-order valence-corrected chi connectivity index (χ0v) is 38.1. The zero-order chi connectivity index (χ0) is 47.0. The first-order valence-electron chi connectivity index (χ1n) is 23.7. The van der Waals surface area contributed by atoms with Gasteiger partial charge in [-0.15, -0.1) is 6.58 Å². The molecule has 1 saturated heterocycles. The van der Waals surface area contributed by atoms with Crippen molar-refractivity contribution in [1.82, 2.24) is 10.2 Å². The second kappa shape index (κ2) is 24.4. The van der Waals surface area contributed by atoms with Gasteiger partial charge in [-0.1, -0.05) is 60.5 Å². The quantitative estimate of drug-likeness (QED) is 0.0426. The van der Waals surface area contributed by atoms with Crippen LogP contribution in [-0.4, -0.2) is 109 Å². The van der Waals surface area contributed by atoms with Crippen LogP contribution in [0.25, 0.3) is 0 Å². The van der Waals surface area contributed by atoms with Gasteiger partial charge in [0.15, 0.2) is 0 Å². The molecule has 0 spiro atoms. The number of hydrogen-bond donors (Lipinski definition) is 4. The van der Waals surface area contributed by atoms with Crippen LogP contribution in [0, 0.1) is 29.1 Å². The van der Waals surface area contributed by atoms with E-state index in [1.54, 1.807) is 47.4 Å². The average Bonchev–Trinajstić information content (AvgIpc) is 3.36. The maximum atomic E-state index is 15.1. The molecule has 7 atom stereocenters. The van der Waals surface area contributed by atoms with E-state index < -0.39 is 30.1 Å². The fourth-order valence-electron chi connectivity index (χ4n) is 10.1. The summed E-state index contributed by atoms with van der Waals surface area (Å²) in [6.45, 7) is 5.00. The second-order valence-corrected chi connectivity index (χ2v) is 17.4. The van der Waals surface area contributed by atoms with Crippen LogP contribution in [0.15, 0.2) is 102 Å². The van der Waals surface area contributed by atoms with Gasteiger partial charge in [-0.25, -0.2) is 4.79 Å². The van der Waals surface area contributed by atoms with Gasteiger partial charge in [0, 0.05) is 56.2 Å². The number of nitrogens with one attached hydrogen (secondary N) is 1. The third-order valence-electron chi connectivity index (χ3n) is 13.2. The minimum atomic E-state index is -1.57. The first kappa shape index (κ1) is 49.3. The van der Waals surface area contributed by atoms with Crippen molar-refractivity contribution in [2.45, 2.75) is 94.8 Å². The molecule has 2 heterocycles. The van der Waals surface area contributed by atoms with Crippen molar-refractivity contribution in [3.8, 4) is 17.6 Å². The number of rotatable bonds is 23. The topological polar surface area (TPSA) is 202 Å². The molecule has 3 aromatic rings. The summed E-state index contributed by atoms with van der Waals surface area (Å²) in [7, 11) is 0. The Balaban J connectivity index is 1.41. The summed E-state index contributed by atoms with van der Waals surface area (Å²) in [6.07, 6.45) is 9.52. The Morgan fingerprint density at radius 3 is 2.48 bits per heavy atom. The molecule has 0 radical (unpaired) electrons. The molecule has 2 aliphatic carbocycles. The number of unbranched alkanes of at least 4 members (excludes halogenated alkanes) is 2. The van der Waals surface area contributed by atoms with Crippen LogP contribution in [0.3, 0.4) is 0 Å². The summed E-state index contributed by atoms with van der Waals surface area (Å²) in [5.41, 5.74) is 3.88. The van der Waals surface area contributed by atoms with Crippen molar-refractivity contribution in [2.75, 3.05) is 52.8 Å². The van der Waals surface area contributed by atoms with Crippen molar-refractivity contribution in [3.63, 3.8) is 0 Å². The minimum absolute atomic E-state index is 0.0285. The number of oxime groups is 1. The van der Waals surface area contributed by atoms with E-state index in [1.165, 1.54) is 0 Å². The summed E-state index contributed by atoms with van der Waals surface area (Å²) in [5.74, 6) is -2.24. The van der Waals surface area contributed by atoms with Gasteiger partial charge in [0.05, 0.1) is 56.3 Å². The predicted molar refractivity (Wildman–Crippen MR) is 249 cm³/mol. The lowest BCUT2D eigenvalue weighted by Gasteiger charge is -2.60. The fourth-order valence-corrected chi connectivity index (χ4v) is 10.1. The van der Waals surface area contributed by atoms with Gasteiger partial charge in [-0.2, -0.15) is 5.26 Å². The van der Waals surface area contributed by atoms with E-state index in [2.05, 4.69) is 24.0 Å². The Bertz CT molecular complexity index is 2210. The molecule has 15 heteroatoms. The molecule has 4 aliphatic rings. The number of benzene rings is 3. The maximum Gasteiger partial charge on any atom is 0.412 e. The lowest BCUT2D eigenvalue weighted by Crippen LogP contribution is -2.70. The largest absolute Gasteiger partial charge is 0.459 e. The molecule has 3 aromatic carbocycles. The Morgan fingerprint density at radius 1 is 0.970 bits per heavy atom. The number of carbonyl (C=O) groups is 2. The maximum absolute atomic E-state index is 15.1. The number of nitrogens with zero attached hydrogens (tertiary/aromatic N) is 3. The van der Waals surface area contributed by atoms with Crippen LogP contribution in [0.1, 0.15) is 97.2 Å². The number of nitriles is 1. The van der Waals surface area contributed by atoms with Crippen LogP contribution in [0.4, 0.5) is 4.79 Å². The molecule has 2 fully saturated rings. The summed E-state index contributed by atoms with van der Waals surface area (Å²) in [5, 5.41) is 47.0. The number of amides is 2. The van der Waals surface area contributed by atoms with Crippen LogP contribution in [-0.2, 0) is 25.6 Å². The highest BCUT2D eigenvalue weighted by Crippen LogP contribution is 2.62. The molecule has 7 unspecified atom stereocenters. The summed E-state index contributed by atoms with van der Waals surface area (Å²) < 4.78 is 32.2. The summed E-state index contributed by atoms with van der Waals surface area (Å²) in [4.78, 5) is 36.4. The number of hydrogen-bond acceptors (Lipinski definition) is 13. The molecule has 358 valence electrons. The Kier molecular flexibility index (Phi) is 18.0. The smallest absolute Gasteiger partial charge is 0.412 e. The third-order valence-corrected chi connectivity index (χ3v) is 13.2. The lowest BCUT2D eigenvalue weighted by atomic mass is 9.55. The number of carbonyl (C=O) groups excluding carboxylic acids is 2. The second-order valence-electron chi connectivity index (χ2n) is 17.4. The third kappa shape index (κ3) is 11.9. The molecule has 4 N–H and O–H groups in total. The van der Waals surface area contributed by atoms with Gasteiger partial charge in [0.1, 0.15) is 17.5 Å². The Labute approximate surface area is 392 Å². The van der Waals surface area contributed by atoms with E-state index in [-0.39, 0.29) is 82.8 Å². The van der Waals surface area contributed by atoms with Gasteiger partial charge in [-0.3, -0.25) is 4.79 Å². The summed E-state index contributed by atoms with van der Waals surface area (Å²) >= 11 is 0. The lowest BCUT2D eigenvalue weighted by molar-refractivity contribution is -0.255. The monoisotopic (exact) mass is 920 g/mol. The first-order chi connectivity index (χ1) is 32.8. The van der Waals surface area contributed by atoms with Crippen molar-refractivity contribution in [2.24, 2.45) is 22.9 Å². The average molecular weight is 921 g/mol. The summed E-state index contributed by atoms with van der Waals surface area (Å²) in [6, 6.07) is 22.6. The fraction of sp³-hybridized carbons (Fsp3) is 0.500. The Morgan fingerprint density at radius 2 is 1.76 bits per heavy atom. The molecule has 0 bridgehead atoms. The minimum Gasteiger partial charge on any atom is -0.459 e. The molecule has 2 aliphatic heterocycles. The molecule has 7 rings (SSSR count). The molecule has 67 heavy (non-hydrogen) atoms. The molecule has 15 nitrogen and oxygen atoms in total. The predicted octanol–water partition coefficient (Wildman–Crippen LogP) is 7.16. The van der Waals surface area contributed by atoms with Gasteiger partial charge in [0.2, 0.25) is 12.1 Å². The molecular weight excluding hydrogens is 857 g/mol. The standard InChI is InChI=1S/C52H64N4O11/c1-2-27-64-52-46(56(23-29-62-30-26-59)50(60)38-19-17-36(34-53)18-20-38)33-44(55-67-47-16-8-11-28-63-47)42-31-39(14-6-9-24-57)41(15-7-10-25-58)48(49(42)52)43-32-40(21-22-45(43)66-52)65-51(61)54-35-37-12-4-3-5-13-37/h2-5,12-13,17-22,31-32,39,41,46-49,57-59H,1,6-11,14-16,23-30,33,35H2,(H,54,61). The van der Waals surface area contributed by atoms with E-state index in [1.807, 2.05) is 36.4 Å². The van der Waals surface area contributed by atoms with E-state index in [0.29, 0.717) is 60.6 Å². The van der Waals surface area contributed by atoms with Crippen molar-refractivity contribution >= 4 is 17.7 Å². The van der Waals surface area contributed by atoms with Crippen LogP contribution < -0.4 is 14.8 Å². The molecule has 1 saturated carbocycles. The van der Waals surface area contributed by atoms with Crippen molar-refractivity contribution in [3.05, 3.63) is 119 Å². The normalized spacial score (nSPS) is 24.5. The number of aliphatic hydroxyl groups is 3. The highest BCUT2D eigenvalue weighted by Gasteiger charge is 2.65. The number of allylic oxidation sites excluding steroid dienone is 1. The van der Waals surface area contributed by atoms with Gasteiger partial charge >= 0.3 is 6.09 Å². The van der Waals surface area contributed by atoms with Crippen molar-refractivity contribution in [1.29, 1.82) is 5.26 Å². The SMILES string of the molecule is C=CCOC12Oc3ccc(OC(=O)NCc4ccccc4)cc3C3C(CCCCO)C(CCCCO)C=C(C(=NOC4CCCCO4)CC1N(CCOCCO)C(=O)c1ccc(C#N)cc1)C32. The van der Waals surface area contributed by atoms with E-state index in [0.717, 1.165) is 48.8 Å². The highest BCUT2D eigenvalue weighted by atomic mass is 16.8. The first-order valence-corrected chi connectivity index (χ1v) is 23.7. The van der Waals surface area contributed by atoms with Gasteiger partial charge in [-0.05, 0) is 104 Å². The van der Waals surface area contributed by atoms with E-state index in [4.69, 9.17) is 33.7 Å².